The zero-order valence-corrected chi connectivity index (χ0v) is 18.5. The number of benzene rings is 1. The molecule has 0 aliphatic carbocycles. The lowest BCUT2D eigenvalue weighted by atomic mass is 9.88. The Kier molecular flexibility index (Phi) is 5.33. The molecule has 5 rings (SSSR count). The average molecular weight is 457 g/mol. The number of aliphatic imine (C=N–C) groups is 1. The van der Waals surface area contributed by atoms with Crippen LogP contribution in [-0.2, 0) is 0 Å². The van der Waals surface area contributed by atoms with E-state index >= 15 is 0 Å². The van der Waals surface area contributed by atoms with Crippen molar-refractivity contribution in [3.8, 4) is 11.3 Å². The Labute approximate surface area is 189 Å². The first-order valence-electron chi connectivity index (χ1n) is 10.7. The highest BCUT2D eigenvalue weighted by atomic mass is 35.5. The van der Waals surface area contributed by atoms with Crippen LogP contribution in [0.4, 0.5) is 26.0 Å². The Bertz CT molecular complexity index is 1180. The number of fused-ring (bicyclic) bond motifs is 3. The second kappa shape index (κ2) is 8.16. The topological polar surface area (TPSA) is 69.2 Å². The number of hydrogen-bond acceptors (Lipinski definition) is 5. The van der Waals surface area contributed by atoms with Gasteiger partial charge in [0.1, 0.15) is 34.7 Å². The number of nitrogens with one attached hydrogen (secondary N) is 2. The van der Waals surface area contributed by atoms with Gasteiger partial charge in [0.05, 0.1) is 17.4 Å². The number of H-pyrrole nitrogens is 1. The first-order valence-corrected chi connectivity index (χ1v) is 11.1. The van der Waals surface area contributed by atoms with Crippen molar-refractivity contribution < 1.29 is 8.78 Å². The number of anilines is 2. The Balaban J connectivity index is 1.59. The number of aromatic nitrogens is 3. The number of hydrogen-bond donors (Lipinski definition) is 2. The van der Waals surface area contributed by atoms with E-state index in [1.54, 1.807) is 6.20 Å². The van der Waals surface area contributed by atoms with Crippen LogP contribution in [-0.4, -0.2) is 34.1 Å². The van der Waals surface area contributed by atoms with Crippen molar-refractivity contribution in [2.24, 2.45) is 16.8 Å². The third-order valence-electron chi connectivity index (χ3n) is 6.24. The van der Waals surface area contributed by atoms with Crippen LogP contribution >= 0.6 is 11.6 Å². The average Bonchev–Trinajstić information content (AvgIpc) is 3.05. The van der Waals surface area contributed by atoms with Crippen LogP contribution in [0.15, 0.2) is 35.5 Å². The molecule has 2 aliphatic rings. The lowest BCUT2D eigenvalue weighted by Gasteiger charge is -2.35. The third kappa shape index (κ3) is 3.62. The van der Waals surface area contributed by atoms with Gasteiger partial charge in [0.25, 0.3) is 0 Å². The quantitative estimate of drug-likeness (QED) is 0.524. The zero-order valence-electron chi connectivity index (χ0n) is 17.8. The van der Waals surface area contributed by atoms with E-state index in [1.807, 2.05) is 6.07 Å². The molecular weight excluding hydrogens is 434 g/mol. The molecule has 1 fully saturated rings. The summed E-state index contributed by atoms with van der Waals surface area (Å²) < 4.78 is 29.0. The number of amidine groups is 1. The molecule has 0 amide bonds. The third-order valence-corrected chi connectivity index (χ3v) is 6.51. The van der Waals surface area contributed by atoms with Crippen molar-refractivity contribution >= 4 is 34.6 Å². The fourth-order valence-corrected chi connectivity index (χ4v) is 4.56. The summed E-state index contributed by atoms with van der Waals surface area (Å²) in [5.74, 6) is 0.607. The van der Waals surface area contributed by atoms with E-state index in [9.17, 15) is 8.78 Å². The normalized spacial score (nSPS) is 18.0. The molecule has 1 unspecified atom stereocenters. The second-order valence-corrected chi connectivity index (χ2v) is 8.98. The van der Waals surface area contributed by atoms with Gasteiger partial charge in [-0.3, -0.25) is 5.10 Å². The van der Waals surface area contributed by atoms with Gasteiger partial charge < -0.3 is 10.2 Å². The Morgan fingerprint density at radius 1 is 1.22 bits per heavy atom. The van der Waals surface area contributed by atoms with Crippen molar-refractivity contribution in [3.05, 3.63) is 52.8 Å². The maximum Gasteiger partial charge on any atom is 0.150 e. The SMILES string of the molecule is CC(C)C1CCCN(c2cc3c(cn2)NC(c2c(F)cccc2F)=Nc2c-3n[nH]c2Cl)C1. The summed E-state index contributed by atoms with van der Waals surface area (Å²) in [6, 6.07) is 5.63. The van der Waals surface area contributed by atoms with Gasteiger partial charge in [-0.05, 0) is 42.9 Å². The number of halogens is 3. The number of rotatable bonds is 3. The Hall–Kier alpha value is -3.00. The van der Waals surface area contributed by atoms with Crippen LogP contribution in [0.5, 0.6) is 0 Å². The van der Waals surface area contributed by atoms with E-state index in [2.05, 4.69) is 44.2 Å². The lowest BCUT2D eigenvalue weighted by Crippen LogP contribution is -2.37. The van der Waals surface area contributed by atoms with E-state index < -0.39 is 11.6 Å². The predicted molar refractivity (Wildman–Crippen MR) is 123 cm³/mol. The molecule has 0 radical (unpaired) electrons. The minimum atomic E-state index is -0.724. The van der Waals surface area contributed by atoms with Gasteiger partial charge in [0, 0.05) is 18.7 Å². The van der Waals surface area contributed by atoms with E-state index in [-0.39, 0.29) is 16.6 Å². The smallest absolute Gasteiger partial charge is 0.150 e. The second-order valence-electron chi connectivity index (χ2n) is 8.60. The summed E-state index contributed by atoms with van der Waals surface area (Å²) in [7, 11) is 0. The number of piperidine rings is 1. The van der Waals surface area contributed by atoms with Gasteiger partial charge in [-0.2, -0.15) is 5.10 Å². The molecule has 2 aromatic heterocycles. The molecule has 1 saturated heterocycles. The molecule has 1 atom stereocenters. The number of pyridine rings is 1. The lowest BCUT2D eigenvalue weighted by molar-refractivity contribution is 0.321. The monoisotopic (exact) mass is 456 g/mol. The molecule has 2 aliphatic heterocycles. The zero-order chi connectivity index (χ0) is 22.4. The van der Waals surface area contributed by atoms with Gasteiger partial charge in [-0.15, -0.1) is 0 Å². The molecular formula is C23H23ClF2N6. The highest BCUT2D eigenvalue weighted by Crippen LogP contribution is 2.42. The molecule has 32 heavy (non-hydrogen) atoms. The van der Waals surface area contributed by atoms with Crippen molar-refractivity contribution in [1.82, 2.24) is 15.2 Å². The first-order chi connectivity index (χ1) is 15.4. The van der Waals surface area contributed by atoms with Gasteiger partial charge in [-0.25, -0.2) is 18.8 Å². The maximum atomic E-state index is 14.5. The highest BCUT2D eigenvalue weighted by Gasteiger charge is 2.28. The summed E-state index contributed by atoms with van der Waals surface area (Å²) in [4.78, 5) is 11.4. The van der Waals surface area contributed by atoms with Gasteiger partial charge >= 0.3 is 0 Å². The summed E-state index contributed by atoms with van der Waals surface area (Å²) in [5, 5.41) is 10.3. The Morgan fingerprint density at radius 3 is 2.75 bits per heavy atom. The number of nitrogens with zero attached hydrogens (tertiary/aromatic N) is 4. The van der Waals surface area contributed by atoms with Crippen LogP contribution in [0.2, 0.25) is 5.15 Å². The van der Waals surface area contributed by atoms with Crippen LogP contribution in [0.25, 0.3) is 11.3 Å². The van der Waals surface area contributed by atoms with Gasteiger partial charge in [-0.1, -0.05) is 31.5 Å². The van der Waals surface area contributed by atoms with Crippen LogP contribution < -0.4 is 10.2 Å². The summed E-state index contributed by atoms with van der Waals surface area (Å²) >= 11 is 6.31. The van der Waals surface area contributed by atoms with Gasteiger partial charge in [0.15, 0.2) is 5.15 Å². The van der Waals surface area contributed by atoms with Gasteiger partial charge in [0.2, 0.25) is 0 Å². The highest BCUT2D eigenvalue weighted by molar-refractivity contribution is 6.33. The molecule has 3 aromatic rings. The van der Waals surface area contributed by atoms with Crippen molar-refractivity contribution in [2.45, 2.75) is 26.7 Å². The van der Waals surface area contributed by atoms with Crippen molar-refractivity contribution in [2.75, 3.05) is 23.3 Å². The first kappa shape index (κ1) is 20.9. The molecule has 6 nitrogen and oxygen atoms in total. The van der Waals surface area contributed by atoms with E-state index in [0.29, 0.717) is 28.9 Å². The van der Waals surface area contributed by atoms with Crippen molar-refractivity contribution in [3.63, 3.8) is 0 Å². The van der Waals surface area contributed by atoms with Crippen LogP contribution in [0.1, 0.15) is 32.3 Å². The molecule has 9 heteroatoms. The maximum absolute atomic E-state index is 14.5. The minimum Gasteiger partial charge on any atom is -0.356 e. The van der Waals surface area contributed by atoms with Crippen molar-refractivity contribution in [1.29, 1.82) is 0 Å². The fraction of sp³-hybridized carbons (Fsp3) is 0.348. The molecule has 1 aromatic carbocycles. The minimum absolute atomic E-state index is 0.0105. The molecule has 4 heterocycles. The number of aromatic amines is 1. The largest absolute Gasteiger partial charge is 0.356 e. The summed E-state index contributed by atoms with van der Waals surface area (Å²) in [6.07, 6.45) is 3.99. The predicted octanol–water partition coefficient (Wildman–Crippen LogP) is 5.78. The fourth-order valence-electron chi connectivity index (χ4n) is 4.39. The van der Waals surface area contributed by atoms with E-state index in [4.69, 9.17) is 11.6 Å². The Morgan fingerprint density at radius 2 is 2.00 bits per heavy atom. The summed E-state index contributed by atoms with van der Waals surface area (Å²) in [6.45, 7) is 6.37. The molecule has 0 saturated carbocycles. The molecule has 0 bridgehead atoms. The van der Waals surface area contributed by atoms with Crippen LogP contribution in [0, 0.1) is 23.5 Å². The summed E-state index contributed by atoms with van der Waals surface area (Å²) in [5.41, 5.74) is 1.84. The molecule has 2 N–H and O–H groups in total. The standard InChI is InChI=1S/C23H23ClF2N6/c1-12(2)13-5-4-8-32(11-13)18-9-14-17(10-27-18)28-23(19-15(25)6-3-7-16(19)26)29-21-20(14)30-31-22(21)24/h3,6-7,9-10,12-13H,4-5,8,11H2,1-2H3,(H,28,29)(H,30,31). The molecule has 0 spiro atoms. The van der Waals surface area contributed by atoms with E-state index in [0.717, 1.165) is 30.9 Å². The van der Waals surface area contributed by atoms with E-state index in [1.165, 1.54) is 24.6 Å². The van der Waals surface area contributed by atoms with Crippen LogP contribution in [0.3, 0.4) is 0 Å². The molecule has 166 valence electrons.